The first-order chi connectivity index (χ1) is 14.9. The number of hydrogen-bond acceptors (Lipinski definition) is 4. The lowest BCUT2D eigenvalue weighted by atomic mass is 9.86. The van der Waals surface area contributed by atoms with Crippen molar-refractivity contribution in [1.82, 2.24) is 4.90 Å². The van der Waals surface area contributed by atoms with Gasteiger partial charge in [-0.25, -0.2) is 8.78 Å². The van der Waals surface area contributed by atoms with Gasteiger partial charge in [-0.1, -0.05) is 19.6 Å². The third-order valence-corrected chi connectivity index (χ3v) is 7.84. The van der Waals surface area contributed by atoms with Crippen molar-refractivity contribution in [3.05, 3.63) is 29.3 Å². The number of carboxylic acids is 1. The summed E-state index contributed by atoms with van der Waals surface area (Å²) in [5, 5.41) is 8.90. The number of Topliss-reactive ketones (excluding diaryl/α,β-unsaturated/α-hetero) is 1. The van der Waals surface area contributed by atoms with Crippen LogP contribution in [0.4, 0.5) is 8.78 Å². The molecule has 1 aromatic rings. The van der Waals surface area contributed by atoms with Crippen molar-refractivity contribution in [2.75, 3.05) is 20.3 Å². The van der Waals surface area contributed by atoms with Crippen LogP contribution in [0.2, 0.25) is 19.6 Å². The maximum absolute atomic E-state index is 14.7. The van der Waals surface area contributed by atoms with Gasteiger partial charge in [0.05, 0.1) is 14.1 Å². The lowest BCUT2D eigenvalue weighted by molar-refractivity contribution is -0.142. The Morgan fingerprint density at radius 3 is 2.19 bits per heavy atom. The molecule has 178 valence electrons. The highest BCUT2D eigenvalue weighted by Gasteiger charge is 2.35. The second-order valence-electron chi connectivity index (χ2n) is 9.47. The monoisotopic (exact) mass is 469 g/mol. The standard InChI is InChI=1S/C23H33F2NO5Si/c1-26(20(28)6-5-7-21(29)30)22(16-8-10-31-11-9-16)19(27)14-15-12-17(24)23(18(25)13-15)32(2,3)4/h12-13,16,22H,5-11,14H2,1-4H3,(H,29,30). The molecular weight excluding hydrogens is 436 g/mol. The van der Waals surface area contributed by atoms with Gasteiger partial charge in [-0.05, 0) is 42.9 Å². The van der Waals surface area contributed by atoms with E-state index in [-0.39, 0.29) is 54.0 Å². The molecule has 0 radical (unpaired) electrons. The van der Waals surface area contributed by atoms with Crippen LogP contribution >= 0.6 is 0 Å². The predicted molar refractivity (Wildman–Crippen MR) is 120 cm³/mol. The quantitative estimate of drug-likeness (QED) is 0.533. The SMILES string of the molecule is CN(C(=O)CCCC(=O)O)C(C(=O)Cc1cc(F)c([Si](C)(C)C)c(F)c1)C1CCOCC1. The summed E-state index contributed by atoms with van der Waals surface area (Å²) in [6, 6.07) is 1.70. The van der Waals surface area contributed by atoms with Crippen LogP contribution in [0, 0.1) is 17.6 Å². The number of ketones is 1. The van der Waals surface area contributed by atoms with Gasteiger partial charge in [0.1, 0.15) is 11.6 Å². The molecule has 2 rings (SSSR count). The van der Waals surface area contributed by atoms with Crippen molar-refractivity contribution in [2.45, 2.75) is 64.2 Å². The Kier molecular flexibility index (Phi) is 9.09. The molecule has 0 aliphatic carbocycles. The average molecular weight is 470 g/mol. The van der Waals surface area contributed by atoms with Gasteiger partial charge in [0.25, 0.3) is 0 Å². The first-order valence-corrected chi connectivity index (χ1v) is 14.5. The van der Waals surface area contributed by atoms with Crippen molar-refractivity contribution in [3.8, 4) is 0 Å². The van der Waals surface area contributed by atoms with E-state index in [2.05, 4.69) is 0 Å². The van der Waals surface area contributed by atoms with Crippen LogP contribution < -0.4 is 5.19 Å². The number of carbonyl (C=O) groups excluding carboxylic acids is 2. The number of rotatable bonds is 10. The number of ether oxygens (including phenoxy) is 1. The maximum atomic E-state index is 14.7. The molecule has 0 bridgehead atoms. The Morgan fingerprint density at radius 1 is 1.12 bits per heavy atom. The minimum Gasteiger partial charge on any atom is -0.481 e. The number of nitrogens with zero attached hydrogens (tertiary/aromatic N) is 1. The van der Waals surface area contributed by atoms with E-state index < -0.39 is 31.7 Å². The van der Waals surface area contributed by atoms with E-state index in [1.165, 1.54) is 24.1 Å². The molecule has 1 heterocycles. The number of carboxylic acid groups (broad SMARTS) is 1. The molecule has 1 amide bonds. The van der Waals surface area contributed by atoms with E-state index >= 15 is 0 Å². The summed E-state index contributed by atoms with van der Waals surface area (Å²) in [5.74, 6) is -2.97. The molecule has 32 heavy (non-hydrogen) atoms. The van der Waals surface area contributed by atoms with Gasteiger partial charge in [0, 0.05) is 44.7 Å². The van der Waals surface area contributed by atoms with Gasteiger partial charge >= 0.3 is 5.97 Å². The smallest absolute Gasteiger partial charge is 0.303 e. The molecule has 6 nitrogen and oxygen atoms in total. The Labute approximate surface area is 188 Å². The zero-order valence-electron chi connectivity index (χ0n) is 19.2. The van der Waals surface area contributed by atoms with Gasteiger partial charge in [-0.2, -0.15) is 0 Å². The molecule has 1 aliphatic heterocycles. The molecule has 1 fully saturated rings. The second-order valence-corrected chi connectivity index (χ2v) is 14.5. The molecule has 1 N–H and O–H groups in total. The van der Waals surface area contributed by atoms with Crippen LogP contribution in [0.5, 0.6) is 0 Å². The predicted octanol–water partition coefficient (Wildman–Crippen LogP) is 3.13. The zero-order valence-corrected chi connectivity index (χ0v) is 20.2. The van der Waals surface area contributed by atoms with Crippen molar-refractivity contribution < 1.29 is 33.0 Å². The van der Waals surface area contributed by atoms with E-state index in [1.807, 2.05) is 19.6 Å². The molecule has 1 saturated heterocycles. The van der Waals surface area contributed by atoms with E-state index in [1.54, 1.807) is 0 Å². The largest absolute Gasteiger partial charge is 0.481 e. The third kappa shape index (κ3) is 6.93. The minimum absolute atomic E-state index is 0.0178. The fourth-order valence-corrected chi connectivity index (χ4v) is 5.88. The third-order valence-electron chi connectivity index (χ3n) is 5.86. The molecule has 1 atom stereocenters. The van der Waals surface area contributed by atoms with Crippen molar-refractivity contribution in [1.29, 1.82) is 0 Å². The van der Waals surface area contributed by atoms with E-state index in [0.29, 0.717) is 26.1 Å². The molecule has 0 aromatic heterocycles. The summed E-state index contributed by atoms with van der Waals surface area (Å²) in [6.45, 7) is 6.51. The zero-order chi connectivity index (χ0) is 24.1. The van der Waals surface area contributed by atoms with E-state index in [0.717, 1.165) is 0 Å². The van der Waals surface area contributed by atoms with Gasteiger partial charge < -0.3 is 14.7 Å². The summed E-state index contributed by atoms with van der Waals surface area (Å²) >= 11 is 0. The van der Waals surface area contributed by atoms with Crippen molar-refractivity contribution in [3.63, 3.8) is 0 Å². The van der Waals surface area contributed by atoms with Crippen LogP contribution in [0.15, 0.2) is 12.1 Å². The summed E-state index contributed by atoms with van der Waals surface area (Å²) in [4.78, 5) is 38.1. The fraction of sp³-hybridized carbons (Fsp3) is 0.609. The van der Waals surface area contributed by atoms with Crippen LogP contribution in [0.1, 0.15) is 37.7 Å². The van der Waals surface area contributed by atoms with Gasteiger partial charge in [-0.3, -0.25) is 14.4 Å². The highest BCUT2D eigenvalue weighted by atomic mass is 28.3. The number of hydrogen-bond donors (Lipinski definition) is 1. The van der Waals surface area contributed by atoms with Crippen LogP contribution in [-0.4, -0.2) is 62.0 Å². The number of benzene rings is 1. The van der Waals surface area contributed by atoms with Crippen LogP contribution in [-0.2, 0) is 25.5 Å². The summed E-state index contributed by atoms with van der Waals surface area (Å²) in [7, 11) is -0.693. The van der Waals surface area contributed by atoms with Crippen LogP contribution in [0.25, 0.3) is 0 Å². The van der Waals surface area contributed by atoms with Gasteiger partial charge in [-0.15, -0.1) is 0 Å². The summed E-state index contributed by atoms with van der Waals surface area (Å²) < 4.78 is 34.7. The molecule has 9 heteroatoms. The molecule has 1 unspecified atom stereocenters. The molecule has 1 aliphatic rings. The molecule has 1 aromatic carbocycles. The first-order valence-electron chi connectivity index (χ1n) is 11.0. The molecule has 0 saturated carbocycles. The van der Waals surface area contributed by atoms with Gasteiger partial charge in [0.15, 0.2) is 5.78 Å². The maximum Gasteiger partial charge on any atom is 0.303 e. The molecule has 0 spiro atoms. The van der Waals surface area contributed by atoms with E-state index in [4.69, 9.17) is 9.84 Å². The lowest BCUT2D eigenvalue weighted by Gasteiger charge is -2.36. The Morgan fingerprint density at radius 2 is 1.69 bits per heavy atom. The summed E-state index contributed by atoms with van der Waals surface area (Å²) in [5.41, 5.74) is 0.246. The number of carbonyl (C=O) groups is 3. The number of halogens is 2. The average Bonchev–Trinajstić information content (AvgIpc) is 2.66. The highest BCUT2D eigenvalue weighted by molar-refractivity contribution is 6.88. The topological polar surface area (TPSA) is 83.9 Å². The van der Waals surface area contributed by atoms with Crippen molar-refractivity contribution in [2.24, 2.45) is 5.92 Å². The van der Waals surface area contributed by atoms with Gasteiger partial charge in [0.2, 0.25) is 5.91 Å². The van der Waals surface area contributed by atoms with Crippen molar-refractivity contribution >= 4 is 30.9 Å². The number of aliphatic carboxylic acids is 1. The normalized spacial score (nSPS) is 15.9. The first kappa shape index (κ1) is 26.1. The second kappa shape index (κ2) is 11.1. The Bertz CT molecular complexity index is 826. The Hall–Kier alpha value is -2.13. The summed E-state index contributed by atoms with van der Waals surface area (Å²) in [6.07, 6.45) is 1.08. The number of amides is 1. The highest BCUT2D eigenvalue weighted by Crippen LogP contribution is 2.25. The van der Waals surface area contributed by atoms with E-state index in [9.17, 15) is 23.2 Å². The minimum atomic E-state index is -2.23. The Balaban J connectivity index is 2.23. The number of likely N-dealkylation sites (N-methyl/N-ethyl adjacent to an activating group) is 1. The lowest BCUT2D eigenvalue weighted by Crippen LogP contribution is -2.49. The molecular formula is C23H33F2NO5Si. The fourth-order valence-electron chi connectivity index (χ4n) is 4.30. The van der Waals surface area contributed by atoms with Crippen LogP contribution in [0.3, 0.4) is 0 Å².